The number of allylic oxidation sites excluding steroid dienone is 2. The van der Waals surface area contributed by atoms with Crippen molar-refractivity contribution in [2.75, 3.05) is 32.8 Å². The van der Waals surface area contributed by atoms with Crippen LogP contribution in [-0.4, -0.2) is 59.6 Å². The number of aromatic nitrogens is 1. The van der Waals surface area contributed by atoms with E-state index < -0.39 is 0 Å². The number of rotatable bonds is 4. The number of halogens is 1. The van der Waals surface area contributed by atoms with Crippen molar-refractivity contribution in [3.63, 3.8) is 0 Å². The van der Waals surface area contributed by atoms with E-state index in [0.29, 0.717) is 48.9 Å². The van der Waals surface area contributed by atoms with Crippen molar-refractivity contribution in [2.24, 2.45) is 0 Å². The predicted octanol–water partition coefficient (Wildman–Crippen LogP) is 6.21. The minimum atomic E-state index is -0.311. The van der Waals surface area contributed by atoms with Crippen LogP contribution in [0.25, 0.3) is 27.7 Å². The van der Waals surface area contributed by atoms with E-state index in [-0.39, 0.29) is 12.0 Å². The molecule has 1 aliphatic heterocycles. The fourth-order valence-corrected chi connectivity index (χ4v) is 5.16. The molecule has 6 nitrogen and oxygen atoms in total. The summed E-state index contributed by atoms with van der Waals surface area (Å²) in [5.74, 6) is -0.0728. The molecule has 5 rings (SSSR count). The molecule has 0 radical (unpaired) electrons. The van der Waals surface area contributed by atoms with Crippen molar-refractivity contribution in [3.8, 4) is 11.3 Å². The molecule has 0 atom stereocenters. The average molecular weight is 504 g/mol. The lowest BCUT2D eigenvalue weighted by Gasteiger charge is -2.34. The zero-order chi connectivity index (χ0) is 25.2. The summed E-state index contributed by atoms with van der Waals surface area (Å²) in [5.41, 5.74) is 6.96. The third kappa shape index (κ3) is 4.82. The first-order chi connectivity index (χ1) is 17.4. The van der Waals surface area contributed by atoms with E-state index in [1.54, 1.807) is 15.9 Å². The van der Waals surface area contributed by atoms with Gasteiger partial charge in [0.15, 0.2) is 0 Å². The normalized spacial score (nSPS) is 15.5. The maximum Gasteiger partial charge on any atom is 0.409 e. The van der Waals surface area contributed by atoms with Gasteiger partial charge >= 0.3 is 6.09 Å². The highest BCUT2D eigenvalue weighted by Gasteiger charge is 2.26. The summed E-state index contributed by atoms with van der Waals surface area (Å²) >= 11 is 6.65. The Morgan fingerprint density at radius 2 is 1.81 bits per heavy atom. The molecule has 0 unspecified atom stereocenters. The summed E-state index contributed by atoms with van der Waals surface area (Å²) in [5, 5.41) is 1.42. The maximum absolute atomic E-state index is 13.3. The number of pyridine rings is 1. The van der Waals surface area contributed by atoms with Crippen LogP contribution in [0.4, 0.5) is 4.79 Å². The Morgan fingerprint density at radius 1 is 1.03 bits per heavy atom. The highest BCUT2D eigenvalue weighted by molar-refractivity contribution is 6.35. The summed E-state index contributed by atoms with van der Waals surface area (Å²) < 4.78 is 5.21. The van der Waals surface area contributed by atoms with Crippen LogP contribution < -0.4 is 0 Å². The number of carbonyl (C=O) groups is 2. The summed E-state index contributed by atoms with van der Waals surface area (Å²) in [6, 6.07) is 13.8. The maximum atomic E-state index is 13.3. The molecular weight excluding hydrogens is 474 g/mol. The van der Waals surface area contributed by atoms with Crippen LogP contribution in [-0.2, 0) is 11.2 Å². The van der Waals surface area contributed by atoms with Gasteiger partial charge in [-0.25, -0.2) is 9.78 Å². The van der Waals surface area contributed by atoms with Gasteiger partial charge in [-0.15, -0.1) is 0 Å². The van der Waals surface area contributed by atoms with Crippen molar-refractivity contribution < 1.29 is 14.3 Å². The highest BCUT2D eigenvalue weighted by Crippen LogP contribution is 2.33. The first-order valence-electron chi connectivity index (χ1n) is 12.6. The Labute approximate surface area is 216 Å². The van der Waals surface area contributed by atoms with E-state index in [1.165, 1.54) is 16.7 Å². The molecule has 2 aliphatic rings. The Hall–Kier alpha value is -3.38. The molecule has 2 heterocycles. The van der Waals surface area contributed by atoms with Gasteiger partial charge < -0.3 is 14.5 Å². The number of nitrogens with zero attached hydrogens (tertiary/aromatic N) is 3. The minimum absolute atomic E-state index is 0.0728. The van der Waals surface area contributed by atoms with Crippen LogP contribution in [0.3, 0.4) is 0 Å². The number of benzene rings is 2. The number of ether oxygens (including phenoxy) is 1. The zero-order valence-electron chi connectivity index (χ0n) is 20.7. The van der Waals surface area contributed by atoms with Crippen LogP contribution >= 0.6 is 11.6 Å². The molecular formula is C29H30ClN3O3. The van der Waals surface area contributed by atoms with E-state index in [0.717, 1.165) is 35.9 Å². The number of aryl methyl sites for hydroxylation is 1. The van der Waals surface area contributed by atoms with E-state index in [1.807, 2.05) is 25.1 Å². The number of piperazine rings is 1. The molecule has 7 heteroatoms. The predicted molar refractivity (Wildman–Crippen MR) is 143 cm³/mol. The van der Waals surface area contributed by atoms with E-state index in [4.69, 9.17) is 21.3 Å². The van der Waals surface area contributed by atoms with Gasteiger partial charge in [0.2, 0.25) is 0 Å². The number of amides is 2. The Morgan fingerprint density at radius 3 is 2.58 bits per heavy atom. The van der Waals surface area contributed by atoms with Crippen molar-refractivity contribution in [3.05, 3.63) is 70.3 Å². The Bertz CT molecular complexity index is 1360. The van der Waals surface area contributed by atoms with Crippen molar-refractivity contribution in [2.45, 2.75) is 33.1 Å². The van der Waals surface area contributed by atoms with Gasteiger partial charge in [0.1, 0.15) is 0 Å². The average Bonchev–Trinajstić information content (AvgIpc) is 2.91. The number of hydrogen-bond acceptors (Lipinski definition) is 4. The van der Waals surface area contributed by atoms with E-state index in [9.17, 15) is 9.59 Å². The third-order valence-electron chi connectivity index (χ3n) is 6.96. The van der Waals surface area contributed by atoms with Gasteiger partial charge in [-0.1, -0.05) is 42.8 Å². The van der Waals surface area contributed by atoms with Crippen LogP contribution in [0.1, 0.15) is 48.2 Å². The molecule has 1 aromatic heterocycles. The minimum Gasteiger partial charge on any atom is -0.449 e. The standard InChI is InChI=1S/C29H30ClN3O3/c1-3-15-36-29(35)33-13-11-32(12-14-33)28(34)22-9-10-23-25(30)18-26(31-27(23)17-22)21-8-7-20-6-4-5-19(2)24(20)16-21/h5,7-10,16-18H,3-4,6,11-15H2,1-2H3. The van der Waals surface area contributed by atoms with Crippen molar-refractivity contribution >= 4 is 40.1 Å². The molecule has 0 spiro atoms. The molecule has 0 N–H and O–H groups in total. The second-order valence-corrected chi connectivity index (χ2v) is 9.82. The smallest absolute Gasteiger partial charge is 0.409 e. The largest absolute Gasteiger partial charge is 0.449 e. The van der Waals surface area contributed by atoms with E-state index >= 15 is 0 Å². The molecule has 3 aromatic rings. The van der Waals surface area contributed by atoms with Crippen molar-refractivity contribution in [1.29, 1.82) is 0 Å². The van der Waals surface area contributed by atoms with E-state index in [2.05, 4.69) is 31.2 Å². The first kappa shape index (κ1) is 24.3. The molecule has 36 heavy (non-hydrogen) atoms. The van der Waals surface area contributed by atoms with Gasteiger partial charge in [-0.2, -0.15) is 0 Å². The first-order valence-corrected chi connectivity index (χ1v) is 12.9. The number of hydrogen-bond donors (Lipinski definition) is 0. The summed E-state index contributed by atoms with van der Waals surface area (Å²) in [6.45, 7) is 6.37. The topological polar surface area (TPSA) is 62.7 Å². The molecule has 0 bridgehead atoms. The second-order valence-electron chi connectivity index (χ2n) is 9.41. The molecule has 2 amide bonds. The second kappa shape index (κ2) is 10.3. The number of carbonyl (C=O) groups excluding carboxylic acids is 2. The van der Waals surface area contributed by atoms with Crippen LogP contribution in [0.5, 0.6) is 0 Å². The zero-order valence-corrected chi connectivity index (χ0v) is 21.5. The lowest BCUT2D eigenvalue weighted by Crippen LogP contribution is -2.50. The third-order valence-corrected chi connectivity index (χ3v) is 7.27. The van der Waals surface area contributed by atoms with Gasteiger partial charge in [-0.3, -0.25) is 4.79 Å². The summed E-state index contributed by atoms with van der Waals surface area (Å²) in [6.07, 6.45) is 4.88. The Kier molecular flexibility index (Phi) is 6.97. The molecule has 1 saturated heterocycles. The van der Waals surface area contributed by atoms with Crippen LogP contribution in [0.2, 0.25) is 5.02 Å². The van der Waals surface area contributed by atoms with Crippen LogP contribution in [0, 0.1) is 0 Å². The van der Waals surface area contributed by atoms with Crippen molar-refractivity contribution in [1.82, 2.24) is 14.8 Å². The van der Waals surface area contributed by atoms with Gasteiger partial charge in [-0.05, 0) is 67.2 Å². The quantitative estimate of drug-likeness (QED) is 0.424. The lowest BCUT2D eigenvalue weighted by molar-refractivity contribution is 0.0560. The molecule has 0 saturated carbocycles. The van der Waals surface area contributed by atoms with Gasteiger partial charge in [0.25, 0.3) is 5.91 Å². The molecule has 186 valence electrons. The Balaban J connectivity index is 1.37. The monoisotopic (exact) mass is 503 g/mol. The molecule has 1 aliphatic carbocycles. The summed E-state index contributed by atoms with van der Waals surface area (Å²) in [4.78, 5) is 33.7. The van der Waals surface area contributed by atoms with Crippen LogP contribution in [0.15, 0.2) is 48.5 Å². The fraction of sp³-hybridized carbons (Fsp3) is 0.345. The summed E-state index contributed by atoms with van der Waals surface area (Å²) in [7, 11) is 0. The fourth-order valence-electron chi connectivity index (χ4n) is 4.90. The molecule has 1 fully saturated rings. The van der Waals surface area contributed by atoms with Gasteiger partial charge in [0.05, 0.1) is 22.8 Å². The molecule has 2 aromatic carbocycles. The number of fused-ring (bicyclic) bond motifs is 2. The highest BCUT2D eigenvalue weighted by atomic mass is 35.5. The lowest BCUT2D eigenvalue weighted by atomic mass is 9.89. The SMILES string of the molecule is CCCOC(=O)N1CCN(C(=O)c2ccc3c(Cl)cc(-c4ccc5c(c4)C(C)=CCC5)nc3c2)CC1. The van der Waals surface area contributed by atoms with Gasteiger partial charge in [0, 0.05) is 42.7 Å².